The van der Waals surface area contributed by atoms with Gasteiger partial charge in [-0.15, -0.1) is 11.8 Å². The summed E-state index contributed by atoms with van der Waals surface area (Å²) in [4.78, 5) is 10.9. The fourth-order valence-electron chi connectivity index (χ4n) is 1.07. The van der Waals surface area contributed by atoms with E-state index in [1.54, 1.807) is 25.1 Å². The Morgan fingerprint density at radius 3 is 2.80 bits per heavy atom. The maximum absolute atomic E-state index is 10.7. The topological polar surface area (TPSA) is 63.4 Å². The molecule has 0 heterocycles. The first-order valence-corrected chi connectivity index (χ1v) is 5.64. The summed E-state index contributed by atoms with van der Waals surface area (Å²) in [6, 6.07) is 6.64. The predicted octanol–water partition coefficient (Wildman–Crippen LogP) is 2.46. The monoisotopic (exact) mass is 227 g/mol. The first-order chi connectivity index (χ1) is 7.11. The number of aliphatic hydroxyl groups is 1. The number of hydrogen-bond donors (Lipinski definition) is 1. The van der Waals surface area contributed by atoms with Crippen LogP contribution in [0.5, 0.6) is 0 Å². The summed E-state index contributed by atoms with van der Waals surface area (Å²) in [6.07, 6.45) is 0.275. The van der Waals surface area contributed by atoms with E-state index in [4.69, 9.17) is 5.11 Å². The van der Waals surface area contributed by atoms with Gasteiger partial charge in [0, 0.05) is 11.8 Å². The Hall–Kier alpha value is -1.07. The largest absolute Gasteiger partial charge is 0.393 e. The number of thioether (sulfide) groups is 1. The van der Waals surface area contributed by atoms with Gasteiger partial charge in [-0.3, -0.25) is 10.1 Å². The first kappa shape index (κ1) is 12.0. The lowest BCUT2D eigenvalue weighted by Crippen LogP contribution is -2.00. The molecule has 1 unspecified atom stereocenters. The standard InChI is InChI=1S/C10H13NO3S/c1-8(12)6-7-15-10-5-3-2-4-9(10)11(13)14/h2-5,8,12H,6-7H2,1H3. The van der Waals surface area contributed by atoms with Crippen LogP contribution in [0.2, 0.25) is 0 Å². The molecule has 1 N–H and O–H groups in total. The second-order valence-electron chi connectivity index (χ2n) is 3.21. The van der Waals surface area contributed by atoms with Crippen LogP contribution in [0.15, 0.2) is 29.2 Å². The van der Waals surface area contributed by atoms with Gasteiger partial charge in [0.1, 0.15) is 0 Å². The Morgan fingerprint density at radius 1 is 1.53 bits per heavy atom. The van der Waals surface area contributed by atoms with E-state index in [2.05, 4.69) is 0 Å². The number of rotatable bonds is 5. The number of para-hydroxylation sites is 1. The van der Waals surface area contributed by atoms with Crippen LogP contribution < -0.4 is 0 Å². The quantitative estimate of drug-likeness (QED) is 0.477. The molecule has 0 amide bonds. The molecule has 4 nitrogen and oxygen atoms in total. The number of hydrogen-bond acceptors (Lipinski definition) is 4. The van der Waals surface area contributed by atoms with E-state index in [-0.39, 0.29) is 16.7 Å². The number of benzene rings is 1. The Balaban J connectivity index is 2.63. The molecular weight excluding hydrogens is 214 g/mol. The van der Waals surface area contributed by atoms with Gasteiger partial charge >= 0.3 is 0 Å². The average molecular weight is 227 g/mol. The fraction of sp³-hybridized carbons (Fsp3) is 0.400. The predicted molar refractivity (Wildman–Crippen MR) is 60.1 cm³/mol. The van der Waals surface area contributed by atoms with Crippen LogP contribution in [0.4, 0.5) is 5.69 Å². The van der Waals surface area contributed by atoms with Crippen molar-refractivity contribution in [2.45, 2.75) is 24.3 Å². The second-order valence-corrected chi connectivity index (χ2v) is 4.35. The summed E-state index contributed by atoms with van der Waals surface area (Å²) in [5.41, 5.74) is 0.132. The van der Waals surface area contributed by atoms with Gasteiger partial charge in [0.05, 0.1) is 15.9 Å². The molecule has 0 bridgehead atoms. The molecule has 1 rings (SSSR count). The average Bonchev–Trinajstić information content (AvgIpc) is 2.17. The van der Waals surface area contributed by atoms with Crippen molar-refractivity contribution in [1.82, 2.24) is 0 Å². The van der Waals surface area contributed by atoms with E-state index >= 15 is 0 Å². The van der Waals surface area contributed by atoms with Crippen LogP contribution in [-0.4, -0.2) is 21.9 Å². The van der Waals surface area contributed by atoms with Gasteiger partial charge in [-0.25, -0.2) is 0 Å². The smallest absolute Gasteiger partial charge is 0.282 e. The summed E-state index contributed by atoms with van der Waals surface area (Å²) in [7, 11) is 0. The third-order valence-corrected chi connectivity index (χ3v) is 2.95. The Morgan fingerprint density at radius 2 is 2.20 bits per heavy atom. The van der Waals surface area contributed by atoms with Crippen molar-refractivity contribution >= 4 is 17.4 Å². The van der Waals surface area contributed by atoms with E-state index in [1.807, 2.05) is 0 Å². The van der Waals surface area contributed by atoms with Gasteiger partial charge in [-0.05, 0) is 19.4 Å². The minimum Gasteiger partial charge on any atom is -0.393 e. The highest BCUT2D eigenvalue weighted by molar-refractivity contribution is 7.99. The van der Waals surface area contributed by atoms with Crippen molar-refractivity contribution in [3.63, 3.8) is 0 Å². The normalized spacial score (nSPS) is 12.4. The molecule has 82 valence electrons. The third-order valence-electron chi connectivity index (χ3n) is 1.86. The highest BCUT2D eigenvalue weighted by Gasteiger charge is 2.12. The molecule has 0 saturated carbocycles. The lowest BCUT2D eigenvalue weighted by Gasteiger charge is -2.04. The number of nitrogens with zero attached hydrogens (tertiary/aromatic N) is 1. The molecule has 0 fully saturated rings. The minimum absolute atomic E-state index is 0.132. The summed E-state index contributed by atoms with van der Waals surface area (Å²) >= 11 is 1.40. The van der Waals surface area contributed by atoms with Gasteiger partial charge in [-0.2, -0.15) is 0 Å². The van der Waals surface area contributed by atoms with Crippen LogP contribution in [0.1, 0.15) is 13.3 Å². The van der Waals surface area contributed by atoms with E-state index < -0.39 is 0 Å². The Labute approximate surface area is 92.5 Å². The zero-order valence-electron chi connectivity index (χ0n) is 8.42. The zero-order chi connectivity index (χ0) is 11.3. The van der Waals surface area contributed by atoms with Crippen LogP contribution >= 0.6 is 11.8 Å². The number of nitro benzene ring substituents is 1. The zero-order valence-corrected chi connectivity index (χ0v) is 9.24. The van der Waals surface area contributed by atoms with E-state index in [9.17, 15) is 10.1 Å². The van der Waals surface area contributed by atoms with Crippen LogP contribution in [0.3, 0.4) is 0 Å². The molecule has 5 heteroatoms. The van der Waals surface area contributed by atoms with Crippen LogP contribution in [0.25, 0.3) is 0 Å². The SMILES string of the molecule is CC(O)CCSc1ccccc1[N+](=O)[O-]. The molecule has 0 spiro atoms. The number of nitro groups is 1. The van der Waals surface area contributed by atoms with Crippen LogP contribution in [-0.2, 0) is 0 Å². The second kappa shape index (κ2) is 5.72. The van der Waals surface area contributed by atoms with Crippen molar-refractivity contribution in [2.24, 2.45) is 0 Å². The highest BCUT2D eigenvalue weighted by Crippen LogP contribution is 2.29. The molecule has 0 saturated heterocycles. The lowest BCUT2D eigenvalue weighted by atomic mass is 10.3. The van der Waals surface area contributed by atoms with Crippen molar-refractivity contribution < 1.29 is 10.0 Å². The number of aliphatic hydroxyl groups excluding tert-OH is 1. The van der Waals surface area contributed by atoms with Gasteiger partial charge in [0.15, 0.2) is 0 Å². The molecule has 0 aliphatic carbocycles. The molecule has 0 aliphatic rings. The maximum Gasteiger partial charge on any atom is 0.282 e. The summed E-state index contributed by atoms with van der Waals surface area (Å²) in [5, 5.41) is 19.7. The van der Waals surface area contributed by atoms with Crippen molar-refractivity contribution in [3.05, 3.63) is 34.4 Å². The van der Waals surface area contributed by atoms with E-state index in [1.165, 1.54) is 17.8 Å². The van der Waals surface area contributed by atoms with E-state index in [0.717, 1.165) is 0 Å². The van der Waals surface area contributed by atoms with E-state index in [0.29, 0.717) is 17.1 Å². The minimum atomic E-state index is -0.384. The lowest BCUT2D eigenvalue weighted by molar-refractivity contribution is -0.387. The molecular formula is C10H13NO3S. The molecule has 1 aromatic carbocycles. The van der Waals surface area contributed by atoms with Crippen molar-refractivity contribution in [3.8, 4) is 0 Å². The van der Waals surface area contributed by atoms with Gasteiger partial charge in [0.25, 0.3) is 5.69 Å². The summed E-state index contributed by atoms with van der Waals surface area (Å²) < 4.78 is 0. The van der Waals surface area contributed by atoms with Gasteiger partial charge in [0.2, 0.25) is 0 Å². The molecule has 0 aromatic heterocycles. The molecule has 15 heavy (non-hydrogen) atoms. The molecule has 1 aromatic rings. The van der Waals surface area contributed by atoms with Gasteiger partial charge in [-0.1, -0.05) is 12.1 Å². The maximum atomic E-state index is 10.7. The summed E-state index contributed by atoms with van der Waals surface area (Å²) in [6.45, 7) is 1.71. The Kier molecular flexibility index (Phi) is 4.58. The first-order valence-electron chi connectivity index (χ1n) is 4.65. The third kappa shape index (κ3) is 3.89. The summed E-state index contributed by atoms with van der Waals surface area (Å²) in [5.74, 6) is 0.683. The van der Waals surface area contributed by atoms with Crippen molar-refractivity contribution in [1.29, 1.82) is 0 Å². The molecule has 1 atom stereocenters. The van der Waals surface area contributed by atoms with Crippen molar-refractivity contribution in [2.75, 3.05) is 5.75 Å². The van der Waals surface area contributed by atoms with Crippen LogP contribution in [0, 0.1) is 10.1 Å². The Bertz CT molecular complexity index is 341. The fourth-order valence-corrected chi connectivity index (χ4v) is 2.21. The molecule has 0 radical (unpaired) electrons. The van der Waals surface area contributed by atoms with Gasteiger partial charge < -0.3 is 5.11 Å². The highest BCUT2D eigenvalue weighted by atomic mass is 32.2. The molecule has 0 aliphatic heterocycles.